The van der Waals surface area contributed by atoms with Crippen LogP contribution in [0.5, 0.6) is 17.5 Å². The SMILES string of the molecule is FC(F)(F)c1cc(Oc2ncccn2)c(I)cc1OCc1ccccc1. The van der Waals surface area contributed by atoms with Gasteiger partial charge in [0.2, 0.25) is 0 Å². The van der Waals surface area contributed by atoms with Crippen LogP contribution in [0.15, 0.2) is 60.9 Å². The Bertz CT molecular complexity index is 875. The molecule has 0 saturated carbocycles. The van der Waals surface area contributed by atoms with E-state index in [1.165, 1.54) is 18.5 Å². The lowest BCUT2D eigenvalue weighted by Crippen LogP contribution is -2.10. The monoisotopic (exact) mass is 472 g/mol. The van der Waals surface area contributed by atoms with Crippen LogP contribution in [0.2, 0.25) is 0 Å². The Hall–Kier alpha value is -2.36. The van der Waals surface area contributed by atoms with Crippen LogP contribution in [0, 0.1) is 3.57 Å². The predicted molar refractivity (Wildman–Crippen MR) is 97.0 cm³/mol. The average Bonchev–Trinajstić information content (AvgIpc) is 2.62. The molecule has 1 aromatic heterocycles. The first-order chi connectivity index (χ1) is 12.4. The number of alkyl halides is 3. The van der Waals surface area contributed by atoms with Gasteiger partial charge in [-0.3, -0.25) is 0 Å². The van der Waals surface area contributed by atoms with Crippen molar-refractivity contribution in [1.29, 1.82) is 0 Å². The van der Waals surface area contributed by atoms with Gasteiger partial charge in [-0.15, -0.1) is 0 Å². The van der Waals surface area contributed by atoms with E-state index in [4.69, 9.17) is 9.47 Å². The number of hydrogen-bond donors (Lipinski definition) is 0. The van der Waals surface area contributed by atoms with Crippen molar-refractivity contribution in [2.45, 2.75) is 12.8 Å². The second kappa shape index (κ2) is 7.90. The highest BCUT2D eigenvalue weighted by atomic mass is 127. The van der Waals surface area contributed by atoms with E-state index in [0.717, 1.165) is 11.6 Å². The lowest BCUT2D eigenvalue weighted by molar-refractivity contribution is -0.139. The van der Waals surface area contributed by atoms with Gasteiger partial charge in [-0.05, 0) is 46.4 Å². The number of aromatic nitrogens is 2. The third-order valence-corrected chi connectivity index (χ3v) is 4.16. The standard InChI is InChI=1S/C18H12F3IN2O2/c19-18(20,21)13-9-16(26-17-23-7-4-8-24-17)14(22)10-15(13)25-11-12-5-2-1-3-6-12/h1-10H,11H2. The summed E-state index contributed by atoms with van der Waals surface area (Å²) < 4.78 is 51.6. The zero-order valence-electron chi connectivity index (χ0n) is 13.2. The summed E-state index contributed by atoms with van der Waals surface area (Å²) in [6.07, 6.45) is -1.71. The Morgan fingerprint density at radius 1 is 0.923 bits per heavy atom. The molecule has 0 fully saturated rings. The van der Waals surface area contributed by atoms with Crippen LogP contribution in [0.3, 0.4) is 0 Å². The molecule has 26 heavy (non-hydrogen) atoms. The van der Waals surface area contributed by atoms with Gasteiger partial charge in [0.05, 0.1) is 3.57 Å². The van der Waals surface area contributed by atoms with Crippen LogP contribution < -0.4 is 9.47 Å². The van der Waals surface area contributed by atoms with Crippen LogP contribution in [0.1, 0.15) is 11.1 Å². The van der Waals surface area contributed by atoms with E-state index in [9.17, 15) is 13.2 Å². The van der Waals surface area contributed by atoms with Gasteiger partial charge >= 0.3 is 12.2 Å². The van der Waals surface area contributed by atoms with Crippen LogP contribution in [-0.4, -0.2) is 9.97 Å². The summed E-state index contributed by atoms with van der Waals surface area (Å²) in [5.74, 6) is -0.247. The first kappa shape index (κ1) is 18.4. The molecule has 0 radical (unpaired) electrons. The molecule has 0 bridgehead atoms. The molecule has 0 amide bonds. The molecule has 0 spiro atoms. The normalized spacial score (nSPS) is 11.2. The summed E-state index contributed by atoms with van der Waals surface area (Å²) in [4.78, 5) is 7.71. The Morgan fingerprint density at radius 2 is 1.62 bits per heavy atom. The predicted octanol–water partition coefficient (Wildman–Crippen LogP) is 5.47. The van der Waals surface area contributed by atoms with Gasteiger partial charge in [0.15, 0.2) is 0 Å². The van der Waals surface area contributed by atoms with Crippen molar-refractivity contribution in [3.63, 3.8) is 0 Å². The Balaban J connectivity index is 1.90. The summed E-state index contributed by atoms with van der Waals surface area (Å²) >= 11 is 1.88. The van der Waals surface area contributed by atoms with Gasteiger partial charge in [0.25, 0.3) is 0 Å². The summed E-state index contributed by atoms with van der Waals surface area (Å²) in [5, 5.41) is 0. The van der Waals surface area contributed by atoms with Crippen molar-refractivity contribution in [3.8, 4) is 17.5 Å². The first-order valence-corrected chi connectivity index (χ1v) is 8.53. The molecule has 1 heterocycles. The highest BCUT2D eigenvalue weighted by Crippen LogP contribution is 2.41. The topological polar surface area (TPSA) is 44.2 Å². The van der Waals surface area contributed by atoms with Crippen molar-refractivity contribution in [3.05, 3.63) is 75.6 Å². The Morgan fingerprint density at radius 3 is 2.27 bits per heavy atom. The molecule has 0 saturated heterocycles. The number of benzene rings is 2. The summed E-state index contributed by atoms with van der Waals surface area (Å²) in [7, 11) is 0. The van der Waals surface area contributed by atoms with Gasteiger partial charge in [-0.2, -0.15) is 13.2 Å². The maximum atomic E-state index is 13.5. The van der Waals surface area contributed by atoms with E-state index in [0.29, 0.717) is 3.57 Å². The molecular formula is C18H12F3IN2O2. The van der Waals surface area contributed by atoms with E-state index in [2.05, 4.69) is 9.97 Å². The third kappa shape index (κ3) is 4.63. The molecule has 0 aliphatic carbocycles. The summed E-state index contributed by atoms with van der Waals surface area (Å²) in [5.41, 5.74) is -0.145. The molecule has 4 nitrogen and oxygen atoms in total. The fourth-order valence-corrected chi connectivity index (χ4v) is 2.67. The summed E-state index contributed by atoms with van der Waals surface area (Å²) in [6, 6.07) is 12.7. The van der Waals surface area contributed by atoms with Crippen molar-refractivity contribution < 1.29 is 22.6 Å². The van der Waals surface area contributed by atoms with Crippen LogP contribution in [0.4, 0.5) is 13.2 Å². The molecule has 0 atom stereocenters. The number of nitrogens with zero attached hydrogens (tertiary/aromatic N) is 2. The lowest BCUT2D eigenvalue weighted by Gasteiger charge is -2.16. The number of halogens is 4. The van der Waals surface area contributed by atoms with E-state index >= 15 is 0 Å². The van der Waals surface area contributed by atoms with Gasteiger partial charge in [-0.25, -0.2) is 9.97 Å². The zero-order chi connectivity index (χ0) is 18.6. The van der Waals surface area contributed by atoms with Crippen molar-refractivity contribution in [2.75, 3.05) is 0 Å². The second-order valence-corrected chi connectivity index (χ2v) is 6.35. The minimum absolute atomic E-state index is 0.0104. The molecule has 134 valence electrons. The molecule has 0 aliphatic heterocycles. The van der Waals surface area contributed by atoms with E-state index in [-0.39, 0.29) is 24.1 Å². The average molecular weight is 472 g/mol. The lowest BCUT2D eigenvalue weighted by atomic mass is 10.1. The number of rotatable bonds is 5. The Kier molecular flexibility index (Phi) is 5.60. The van der Waals surface area contributed by atoms with E-state index < -0.39 is 11.7 Å². The molecule has 3 aromatic rings. The number of hydrogen-bond acceptors (Lipinski definition) is 4. The molecule has 2 aromatic carbocycles. The minimum atomic E-state index is -4.59. The molecule has 0 N–H and O–H groups in total. The van der Waals surface area contributed by atoms with Crippen LogP contribution >= 0.6 is 22.6 Å². The Labute approximate surface area is 161 Å². The van der Waals surface area contributed by atoms with E-state index in [1.54, 1.807) is 30.3 Å². The maximum absolute atomic E-state index is 13.5. The van der Waals surface area contributed by atoms with Crippen molar-refractivity contribution >= 4 is 22.6 Å². The maximum Gasteiger partial charge on any atom is 0.420 e. The van der Waals surface area contributed by atoms with Crippen LogP contribution in [0.25, 0.3) is 0 Å². The highest BCUT2D eigenvalue weighted by molar-refractivity contribution is 14.1. The van der Waals surface area contributed by atoms with Gasteiger partial charge in [-0.1, -0.05) is 30.3 Å². The van der Waals surface area contributed by atoms with Crippen molar-refractivity contribution in [1.82, 2.24) is 9.97 Å². The number of ether oxygens (including phenoxy) is 2. The molecule has 0 unspecified atom stereocenters. The zero-order valence-corrected chi connectivity index (χ0v) is 15.4. The largest absolute Gasteiger partial charge is 0.488 e. The first-order valence-electron chi connectivity index (χ1n) is 7.46. The van der Waals surface area contributed by atoms with Crippen molar-refractivity contribution in [2.24, 2.45) is 0 Å². The molecule has 0 aliphatic rings. The summed E-state index contributed by atoms with van der Waals surface area (Å²) in [6.45, 7) is 0.0298. The molecular weight excluding hydrogens is 460 g/mol. The highest BCUT2D eigenvalue weighted by Gasteiger charge is 2.36. The second-order valence-electron chi connectivity index (χ2n) is 5.18. The molecule has 3 rings (SSSR count). The quantitative estimate of drug-likeness (QED) is 0.462. The fraction of sp³-hybridized carbons (Fsp3) is 0.111. The molecule has 8 heteroatoms. The fourth-order valence-electron chi connectivity index (χ4n) is 2.13. The van der Waals surface area contributed by atoms with Gasteiger partial charge in [0, 0.05) is 12.4 Å². The van der Waals surface area contributed by atoms with Gasteiger partial charge in [0.1, 0.15) is 23.7 Å². The van der Waals surface area contributed by atoms with E-state index in [1.807, 2.05) is 28.7 Å². The minimum Gasteiger partial charge on any atom is -0.488 e. The van der Waals surface area contributed by atoms with Gasteiger partial charge < -0.3 is 9.47 Å². The third-order valence-electron chi connectivity index (χ3n) is 3.32. The van der Waals surface area contributed by atoms with Crippen LogP contribution in [-0.2, 0) is 12.8 Å². The smallest absolute Gasteiger partial charge is 0.420 e.